The average Bonchev–Trinajstić information content (AvgIpc) is 3.29. The number of aryl methyl sites for hydroxylation is 2. The van der Waals surface area contributed by atoms with Gasteiger partial charge in [-0.2, -0.15) is 11.3 Å². The Hall–Kier alpha value is -1.89. The fraction of sp³-hybridized carbons (Fsp3) is 0.381. The summed E-state index contributed by atoms with van der Waals surface area (Å²) in [5.41, 5.74) is 3.62. The molecule has 0 aliphatic rings. The van der Waals surface area contributed by atoms with E-state index in [4.69, 9.17) is 14.5 Å². The first-order valence-electron chi connectivity index (χ1n) is 9.08. The van der Waals surface area contributed by atoms with Gasteiger partial charge in [-0.1, -0.05) is 6.07 Å². The zero-order valence-corrected chi connectivity index (χ0v) is 17.9. The largest absolute Gasteiger partial charge is 0.493 e. The third kappa shape index (κ3) is 5.09. The lowest BCUT2D eigenvalue weighted by Gasteiger charge is -2.17. The van der Waals surface area contributed by atoms with E-state index in [1.165, 1.54) is 10.4 Å². The maximum Gasteiger partial charge on any atom is 0.161 e. The van der Waals surface area contributed by atoms with Gasteiger partial charge in [-0.05, 0) is 67.3 Å². The minimum absolute atomic E-state index is 0.189. The van der Waals surface area contributed by atoms with Gasteiger partial charge in [0.2, 0.25) is 0 Å². The van der Waals surface area contributed by atoms with E-state index in [2.05, 4.69) is 42.1 Å². The van der Waals surface area contributed by atoms with Crippen LogP contribution in [0.4, 0.5) is 0 Å². The molecule has 0 amide bonds. The number of benzene rings is 1. The molecule has 1 aromatic carbocycles. The highest BCUT2D eigenvalue weighted by Gasteiger charge is 2.18. The van der Waals surface area contributed by atoms with Gasteiger partial charge in [0.15, 0.2) is 11.5 Å². The van der Waals surface area contributed by atoms with Crippen LogP contribution in [-0.4, -0.2) is 18.7 Å². The molecule has 0 unspecified atom stereocenters. The second kappa shape index (κ2) is 9.35. The highest BCUT2D eigenvalue weighted by Crippen LogP contribution is 2.30. The van der Waals surface area contributed by atoms with E-state index in [0.717, 1.165) is 40.7 Å². The summed E-state index contributed by atoms with van der Waals surface area (Å²) >= 11 is 3.52. The molecule has 0 saturated heterocycles. The molecule has 1 atom stereocenters. The van der Waals surface area contributed by atoms with E-state index in [9.17, 15) is 0 Å². The molecule has 27 heavy (non-hydrogen) atoms. The van der Waals surface area contributed by atoms with E-state index >= 15 is 0 Å². The quantitative estimate of drug-likeness (QED) is 0.527. The number of hydrogen-bond acceptors (Lipinski definition) is 6. The van der Waals surface area contributed by atoms with Gasteiger partial charge in [-0.15, -0.1) is 11.3 Å². The van der Waals surface area contributed by atoms with Crippen molar-refractivity contribution in [1.29, 1.82) is 0 Å². The maximum atomic E-state index is 5.61. The van der Waals surface area contributed by atoms with Crippen molar-refractivity contribution in [1.82, 2.24) is 10.3 Å². The van der Waals surface area contributed by atoms with Crippen LogP contribution < -0.4 is 14.8 Å². The summed E-state index contributed by atoms with van der Waals surface area (Å²) in [7, 11) is 1.68. The Morgan fingerprint density at radius 3 is 2.63 bits per heavy atom. The Kier molecular flexibility index (Phi) is 6.88. The summed E-state index contributed by atoms with van der Waals surface area (Å²) in [4.78, 5) is 6.07. The van der Waals surface area contributed by atoms with Gasteiger partial charge in [0.25, 0.3) is 0 Å². The fourth-order valence-corrected chi connectivity index (χ4v) is 4.56. The van der Waals surface area contributed by atoms with Gasteiger partial charge in [-0.25, -0.2) is 4.98 Å². The number of nitrogens with one attached hydrogen (secondary N) is 1. The zero-order chi connectivity index (χ0) is 19.2. The summed E-state index contributed by atoms with van der Waals surface area (Å²) in [6, 6.07) is 8.48. The lowest BCUT2D eigenvalue weighted by Crippen LogP contribution is -2.23. The fourth-order valence-electron chi connectivity index (χ4n) is 2.88. The van der Waals surface area contributed by atoms with Crippen molar-refractivity contribution in [2.45, 2.75) is 39.8 Å². The zero-order valence-electron chi connectivity index (χ0n) is 16.2. The molecule has 0 radical (unpaired) electrons. The number of aromatic nitrogens is 1. The van der Waals surface area contributed by atoms with E-state index < -0.39 is 0 Å². The van der Waals surface area contributed by atoms with Crippen molar-refractivity contribution in [2.24, 2.45) is 0 Å². The number of thiophene rings is 1. The van der Waals surface area contributed by atoms with Crippen molar-refractivity contribution in [3.05, 3.63) is 61.7 Å². The van der Waals surface area contributed by atoms with Crippen LogP contribution in [0, 0.1) is 13.8 Å². The summed E-state index contributed by atoms with van der Waals surface area (Å²) in [5.74, 6) is 1.55. The van der Waals surface area contributed by atoms with Crippen LogP contribution in [0.5, 0.6) is 11.5 Å². The highest BCUT2D eigenvalue weighted by atomic mass is 32.1. The highest BCUT2D eigenvalue weighted by molar-refractivity contribution is 7.11. The molecule has 3 aromatic rings. The smallest absolute Gasteiger partial charge is 0.161 e. The van der Waals surface area contributed by atoms with Crippen molar-refractivity contribution in [3.8, 4) is 11.5 Å². The second-order valence-electron chi connectivity index (χ2n) is 6.38. The molecule has 2 aromatic heterocycles. The normalized spacial score (nSPS) is 12.1. The number of hydrogen-bond donors (Lipinski definition) is 1. The molecular formula is C21H26N2O2S2. The molecule has 4 nitrogen and oxygen atoms in total. The van der Waals surface area contributed by atoms with Crippen LogP contribution in [-0.2, 0) is 13.0 Å². The standard InChI is InChI=1S/C21H26N2O2S2/c1-5-25-19-7-6-16(11-20(19)24-4)12-22-18(10-17-8-9-26-13-17)21-23-14(2)15(3)27-21/h6-9,11,13,18,22H,5,10,12H2,1-4H3/t18-/m0/s1. The number of methoxy groups -OCH3 is 1. The summed E-state index contributed by atoms with van der Waals surface area (Å²) < 4.78 is 11.1. The van der Waals surface area contributed by atoms with E-state index in [-0.39, 0.29) is 6.04 Å². The van der Waals surface area contributed by atoms with Gasteiger partial charge in [-0.3, -0.25) is 0 Å². The predicted molar refractivity (Wildman–Crippen MR) is 113 cm³/mol. The minimum Gasteiger partial charge on any atom is -0.493 e. The van der Waals surface area contributed by atoms with E-state index in [0.29, 0.717) is 6.61 Å². The SMILES string of the molecule is CCOc1ccc(CN[C@@H](Cc2ccsc2)c2nc(C)c(C)s2)cc1OC. The molecule has 0 bridgehead atoms. The second-order valence-corrected chi connectivity index (χ2v) is 8.40. The Labute approximate surface area is 169 Å². The van der Waals surface area contributed by atoms with Crippen LogP contribution in [0.1, 0.15) is 39.7 Å². The summed E-state index contributed by atoms with van der Waals surface area (Å²) in [6.07, 6.45) is 0.935. The van der Waals surface area contributed by atoms with E-state index in [1.54, 1.807) is 29.8 Å². The summed E-state index contributed by atoms with van der Waals surface area (Å²) in [5, 5.41) is 9.17. The molecule has 0 spiro atoms. The van der Waals surface area contributed by atoms with Crippen LogP contribution in [0.3, 0.4) is 0 Å². The third-order valence-corrected chi connectivity index (χ3v) is 6.36. The Morgan fingerprint density at radius 1 is 1.15 bits per heavy atom. The maximum absolute atomic E-state index is 5.61. The molecule has 6 heteroatoms. The average molecular weight is 403 g/mol. The monoisotopic (exact) mass is 402 g/mol. The third-order valence-electron chi connectivity index (χ3n) is 4.44. The molecule has 0 fully saturated rings. The van der Waals surface area contributed by atoms with Crippen molar-refractivity contribution in [2.75, 3.05) is 13.7 Å². The van der Waals surface area contributed by atoms with Crippen LogP contribution >= 0.6 is 22.7 Å². The van der Waals surface area contributed by atoms with Crippen LogP contribution in [0.2, 0.25) is 0 Å². The van der Waals surface area contributed by atoms with Gasteiger partial charge < -0.3 is 14.8 Å². The Morgan fingerprint density at radius 2 is 2.00 bits per heavy atom. The van der Waals surface area contributed by atoms with E-state index in [1.807, 2.05) is 19.1 Å². The lowest BCUT2D eigenvalue weighted by atomic mass is 10.1. The van der Waals surface area contributed by atoms with Crippen LogP contribution in [0.25, 0.3) is 0 Å². The number of thiazole rings is 1. The van der Waals surface area contributed by atoms with Gasteiger partial charge in [0, 0.05) is 11.4 Å². The number of ether oxygens (including phenoxy) is 2. The van der Waals surface area contributed by atoms with Crippen LogP contribution in [0.15, 0.2) is 35.0 Å². The molecule has 1 N–H and O–H groups in total. The first-order chi connectivity index (χ1) is 13.1. The number of rotatable bonds is 9. The first-order valence-corrected chi connectivity index (χ1v) is 10.8. The lowest BCUT2D eigenvalue weighted by molar-refractivity contribution is 0.310. The Balaban J connectivity index is 1.76. The molecule has 2 heterocycles. The molecule has 144 valence electrons. The van der Waals surface area contributed by atoms with Gasteiger partial charge >= 0.3 is 0 Å². The first kappa shape index (κ1) is 19.9. The van der Waals surface area contributed by atoms with Gasteiger partial charge in [0.1, 0.15) is 5.01 Å². The van der Waals surface area contributed by atoms with Crippen molar-refractivity contribution >= 4 is 22.7 Å². The molecule has 0 aliphatic carbocycles. The predicted octanol–water partition coefficient (Wildman–Crippen LogP) is 5.30. The minimum atomic E-state index is 0.189. The van der Waals surface area contributed by atoms with Crippen molar-refractivity contribution in [3.63, 3.8) is 0 Å². The molecule has 3 rings (SSSR count). The summed E-state index contributed by atoms with van der Waals surface area (Å²) in [6.45, 7) is 7.56. The van der Waals surface area contributed by atoms with Gasteiger partial charge in [0.05, 0.1) is 25.5 Å². The molecule has 0 saturated carbocycles. The number of nitrogens with zero attached hydrogens (tertiary/aromatic N) is 1. The topological polar surface area (TPSA) is 43.4 Å². The molecular weight excluding hydrogens is 376 g/mol. The molecule has 0 aliphatic heterocycles. The van der Waals surface area contributed by atoms with Crippen molar-refractivity contribution < 1.29 is 9.47 Å². The Bertz CT molecular complexity index is 840.